The van der Waals surface area contributed by atoms with Crippen molar-refractivity contribution in [2.45, 2.75) is 32.5 Å². The van der Waals surface area contributed by atoms with Crippen LogP contribution in [0.2, 0.25) is 0 Å². The second kappa shape index (κ2) is 8.83. The molecule has 6 nitrogen and oxygen atoms in total. The molecule has 30 heavy (non-hydrogen) atoms. The standard InChI is InChI=1S/C21H23F3N4O2/c1-13(2)30-10-6-9-25-20(29)15-11-18(27-19-16(15)12-26-28(19)3)14-7-4-5-8-17(14)21(22,23)24/h4-5,7-8,11-13H,6,9-10H2,1-3H3,(H,25,29). The molecule has 0 aliphatic rings. The van der Waals surface area contributed by atoms with Crippen molar-refractivity contribution in [3.8, 4) is 11.3 Å². The second-order valence-corrected chi connectivity index (χ2v) is 7.13. The predicted octanol–water partition coefficient (Wildman–Crippen LogP) is 4.20. The van der Waals surface area contributed by atoms with E-state index in [1.165, 1.54) is 35.1 Å². The molecule has 0 atom stereocenters. The van der Waals surface area contributed by atoms with Crippen molar-refractivity contribution in [3.63, 3.8) is 0 Å². The average molecular weight is 420 g/mol. The molecular weight excluding hydrogens is 397 g/mol. The molecule has 2 heterocycles. The number of rotatable bonds is 7. The number of nitrogens with one attached hydrogen (secondary N) is 1. The first-order valence-corrected chi connectivity index (χ1v) is 9.57. The van der Waals surface area contributed by atoms with E-state index in [2.05, 4.69) is 15.4 Å². The second-order valence-electron chi connectivity index (χ2n) is 7.13. The molecule has 0 bridgehead atoms. The molecule has 0 aliphatic heterocycles. The topological polar surface area (TPSA) is 69.0 Å². The normalized spacial score (nSPS) is 12.0. The molecule has 2 aromatic heterocycles. The SMILES string of the molecule is CC(C)OCCCNC(=O)c1cc(-c2ccccc2C(F)(F)F)nc2c1cnn2C. The molecule has 3 rings (SSSR count). The Labute approximate surface area is 172 Å². The molecule has 1 N–H and O–H groups in total. The number of fused-ring (bicyclic) bond motifs is 1. The van der Waals surface area contributed by atoms with E-state index in [1.54, 1.807) is 7.05 Å². The molecule has 3 aromatic rings. The number of carbonyl (C=O) groups is 1. The van der Waals surface area contributed by atoms with Crippen LogP contribution in [0, 0.1) is 0 Å². The van der Waals surface area contributed by atoms with Crippen LogP contribution >= 0.6 is 0 Å². The summed E-state index contributed by atoms with van der Waals surface area (Å²) in [6, 6.07) is 6.56. The lowest BCUT2D eigenvalue weighted by Crippen LogP contribution is -2.26. The zero-order valence-corrected chi connectivity index (χ0v) is 17.0. The molecule has 0 fully saturated rings. The Morgan fingerprint density at radius 2 is 2.00 bits per heavy atom. The van der Waals surface area contributed by atoms with Gasteiger partial charge in [0, 0.05) is 25.8 Å². The zero-order valence-electron chi connectivity index (χ0n) is 17.0. The highest BCUT2D eigenvalue weighted by atomic mass is 19.4. The van der Waals surface area contributed by atoms with E-state index in [4.69, 9.17) is 4.74 Å². The minimum absolute atomic E-state index is 0.0623. The first kappa shape index (κ1) is 21.8. The quantitative estimate of drug-likeness (QED) is 0.582. The zero-order chi connectivity index (χ0) is 21.9. The summed E-state index contributed by atoms with van der Waals surface area (Å²) in [6.45, 7) is 4.73. The Morgan fingerprint density at radius 1 is 1.27 bits per heavy atom. The average Bonchev–Trinajstić information content (AvgIpc) is 3.07. The van der Waals surface area contributed by atoms with Crippen LogP contribution in [0.3, 0.4) is 0 Å². The first-order valence-electron chi connectivity index (χ1n) is 9.57. The molecule has 0 radical (unpaired) electrons. The first-order chi connectivity index (χ1) is 14.2. The Bertz CT molecular complexity index is 1040. The van der Waals surface area contributed by atoms with Crippen molar-refractivity contribution >= 4 is 16.9 Å². The number of benzene rings is 1. The number of hydrogen-bond acceptors (Lipinski definition) is 4. The Balaban J connectivity index is 1.96. The number of pyridine rings is 1. The number of aromatic nitrogens is 3. The lowest BCUT2D eigenvalue weighted by Gasteiger charge is -2.14. The van der Waals surface area contributed by atoms with E-state index in [1.807, 2.05) is 13.8 Å². The minimum Gasteiger partial charge on any atom is -0.379 e. The summed E-state index contributed by atoms with van der Waals surface area (Å²) in [5, 5.41) is 7.37. The van der Waals surface area contributed by atoms with Crippen LogP contribution in [0.15, 0.2) is 36.5 Å². The van der Waals surface area contributed by atoms with Gasteiger partial charge in [-0.15, -0.1) is 0 Å². The molecule has 0 spiro atoms. The van der Waals surface area contributed by atoms with E-state index >= 15 is 0 Å². The van der Waals surface area contributed by atoms with Crippen molar-refractivity contribution in [1.29, 1.82) is 0 Å². The van der Waals surface area contributed by atoms with Crippen molar-refractivity contribution in [2.75, 3.05) is 13.2 Å². The molecule has 1 aromatic carbocycles. The molecule has 0 saturated heterocycles. The number of halogens is 3. The molecule has 0 aliphatic carbocycles. The van der Waals surface area contributed by atoms with Crippen molar-refractivity contribution in [2.24, 2.45) is 7.05 Å². The highest BCUT2D eigenvalue weighted by molar-refractivity contribution is 6.06. The maximum absolute atomic E-state index is 13.5. The summed E-state index contributed by atoms with van der Waals surface area (Å²) in [5.74, 6) is -0.398. The lowest BCUT2D eigenvalue weighted by molar-refractivity contribution is -0.137. The lowest BCUT2D eigenvalue weighted by atomic mass is 10.0. The number of hydrogen-bond donors (Lipinski definition) is 1. The molecular formula is C21H23F3N4O2. The van der Waals surface area contributed by atoms with Crippen LogP contribution in [0.25, 0.3) is 22.3 Å². The summed E-state index contributed by atoms with van der Waals surface area (Å²) < 4.78 is 47.3. The van der Waals surface area contributed by atoms with Gasteiger partial charge in [0.15, 0.2) is 5.65 Å². The van der Waals surface area contributed by atoms with E-state index in [0.29, 0.717) is 30.6 Å². The Morgan fingerprint density at radius 3 is 2.70 bits per heavy atom. The van der Waals surface area contributed by atoms with Gasteiger partial charge in [-0.05, 0) is 32.4 Å². The van der Waals surface area contributed by atoms with Gasteiger partial charge in [-0.2, -0.15) is 18.3 Å². The maximum atomic E-state index is 13.5. The third-order valence-electron chi connectivity index (χ3n) is 4.52. The van der Waals surface area contributed by atoms with Gasteiger partial charge < -0.3 is 10.1 Å². The van der Waals surface area contributed by atoms with Gasteiger partial charge in [-0.3, -0.25) is 9.48 Å². The van der Waals surface area contributed by atoms with Crippen LogP contribution in [-0.4, -0.2) is 39.9 Å². The smallest absolute Gasteiger partial charge is 0.379 e. The van der Waals surface area contributed by atoms with Gasteiger partial charge in [0.1, 0.15) is 0 Å². The van der Waals surface area contributed by atoms with Gasteiger partial charge in [-0.25, -0.2) is 4.98 Å². The summed E-state index contributed by atoms with van der Waals surface area (Å²) in [4.78, 5) is 17.1. The van der Waals surface area contributed by atoms with Gasteiger partial charge >= 0.3 is 6.18 Å². The van der Waals surface area contributed by atoms with Crippen molar-refractivity contribution in [3.05, 3.63) is 47.7 Å². The number of aryl methyl sites for hydroxylation is 1. The minimum atomic E-state index is -4.54. The summed E-state index contributed by atoms with van der Waals surface area (Å²) >= 11 is 0. The van der Waals surface area contributed by atoms with E-state index in [9.17, 15) is 18.0 Å². The van der Waals surface area contributed by atoms with E-state index in [0.717, 1.165) is 6.07 Å². The van der Waals surface area contributed by atoms with Crippen LogP contribution in [0.1, 0.15) is 36.2 Å². The van der Waals surface area contributed by atoms with Crippen LogP contribution in [0.4, 0.5) is 13.2 Å². The molecule has 1 amide bonds. The number of carbonyl (C=O) groups excluding carboxylic acids is 1. The Kier molecular flexibility index (Phi) is 6.40. The molecule has 9 heteroatoms. The van der Waals surface area contributed by atoms with E-state index < -0.39 is 17.6 Å². The number of ether oxygens (including phenoxy) is 1. The number of amides is 1. The third-order valence-corrected chi connectivity index (χ3v) is 4.52. The van der Waals surface area contributed by atoms with Crippen molar-refractivity contribution in [1.82, 2.24) is 20.1 Å². The largest absolute Gasteiger partial charge is 0.417 e. The van der Waals surface area contributed by atoms with Crippen molar-refractivity contribution < 1.29 is 22.7 Å². The maximum Gasteiger partial charge on any atom is 0.417 e. The summed E-state index contributed by atoms with van der Waals surface area (Å²) in [6.07, 6.45) is -2.33. The summed E-state index contributed by atoms with van der Waals surface area (Å²) in [7, 11) is 1.62. The van der Waals surface area contributed by atoms with Gasteiger partial charge in [0.2, 0.25) is 0 Å². The number of alkyl halides is 3. The van der Waals surface area contributed by atoms with Gasteiger partial charge in [-0.1, -0.05) is 18.2 Å². The highest BCUT2D eigenvalue weighted by Crippen LogP contribution is 2.37. The fourth-order valence-corrected chi connectivity index (χ4v) is 3.08. The van der Waals surface area contributed by atoms with Gasteiger partial charge in [0.25, 0.3) is 5.91 Å². The van der Waals surface area contributed by atoms with E-state index in [-0.39, 0.29) is 22.9 Å². The third kappa shape index (κ3) is 4.79. The van der Waals surface area contributed by atoms with Gasteiger partial charge in [0.05, 0.1) is 34.5 Å². The van der Waals surface area contributed by atoms with Crippen LogP contribution in [0.5, 0.6) is 0 Å². The highest BCUT2D eigenvalue weighted by Gasteiger charge is 2.34. The molecule has 0 saturated carbocycles. The van der Waals surface area contributed by atoms with Crippen LogP contribution in [-0.2, 0) is 18.0 Å². The monoisotopic (exact) mass is 420 g/mol. The predicted molar refractivity (Wildman–Crippen MR) is 107 cm³/mol. The fraction of sp³-hybridized carbons (Fsp3) is 0.381. The Hall–Kier alpha value is -2.94. The number of nitrogens with zero attached hydrogens (tertiary/aromatic N) is 3. The fourth-order valence-electron chi connectivity index (χ4n) is 3.08. The van der Waals surface area contributed by atoms with Crippen LogP contribution < -0.4 is 5.32 Å². The molecule has 0 unspecified atom stereocenters. The summed E-state index contributed by atoms with van der Waals surface area (Å²) in [5.41, 5.74) is -0.279. The molecule has 160 valence electrons.